The number of carbonyl (C=O) groups is 1. The fraction of sp³-hybridized carbons (Fsp3) is 0.278. The highest BCUT2D eigenvalue weighted by Crippen LogP contribution is 2.23. The zero-order valence-electron chi connectivity index (χ0n) is 14.7. The number of carbonyl (C=O) groups excluding carboxylic acids is 1. The van der Waals surface area contributed by atoms with Gasteiger partial charge in [-0.1, -0.05) is 41.4 Å². The summed E-state index contributed by atoms with van der Waals surface area (Å²) >= 11 is 12.2. The second kappa shape index (κ2) is 8.39. The van der Waals surface area contributed by atoms with Crippen LogP contribution in [0.1, 0.15) is 22.8 Å². The first-order chi connectivity index (χ1) is 12.1. The van der Waals surface area contributed by atoms with Crippen molar-refractivity contribution in [2.45, 2.75) is 24.3 Å². The van der Waals surface area contributed by atoms with Crippen molar-refractivity contribution in [1.82, 2.24) is 9.62 Å². The summed E-state index contributed by atoms with van der Waals surface area (Å²) in [6, 6.07) is 11.3. The van der Waals surface area contributed by atoms with E-state index in [9.17, 15) is 13.2 Å². The smallest absolute Gasteiger partial charge is 0.253 e. The van der Waals surface area contributed by atoms with Crippen molar-refractivity contribution in [2.75, 3.05) is 14.1 Å². The van der Waals surface area contributed by atoms with E-state index >= 15 is 0 Å². The van der Waals surface area contributed by atoms with Gasteiger partial charge in [0.05, 0.1) is 15.5 Å². The van der Waals surface area contributed by atoms with Crippen molar-refractivity contribution in [3.8, 4) is 0 Å². The number of amides is 1. The molecule has 2 rings (SSSR count). The summed E-state index contributed by atoms with van der Waals surface area (Å²) < 4.78 is 25.6. The van der Waals surface area contributed by atoms with Crippen LogP contribution in [0.15, 0.2) is 47.4 Å². The van der Waals surface area contributed by atoms with Gasteiger partial charge in [0.1, 0.15) is 0 Å². The van der Waals surface area contributed by atoms with Crippen LogP contribution < -0.4 is 5.32 Å². The maximum Gasteiger partial charge on any atom is 0.253 e. The zero-order chi connectivity index (χ0) is 19.5. The highest BCUT2D eigenvalue weighted by molar-refractivity contribution is 7.89. The fourth-order valence-corrected chi connectivity index (χ4v) is 3.74. The van der Waals surface area contributed by atoms with Gasteiger partial charge in [0.2, 0.25) is 10.0 Å². The second-order valence-corrected chi connectivity index (χ2v) is 9.07. The van der Waals surface area contributed by atoms with E-state index in [0.29, 0.717) is 11.4 Å². The van der Waals surface area contributed by atoms with Crippen molar-refractivity contribution in [3.05, 3.63) is 63.6 Å². The molecular formula is C18H20Cl2N2O3S. The molecule has 0 spiro atoms. The third kappa shape index (κ3) is 4.76. The standard InChI is InChI=1S/C18H20Cl2N2O3S/c1-12(10-13-6-4-5-7-16(13)19)21-18(23)15-11-14(8-9-17(15)20)26(24,25)22(2)3/h4-9,11-12H,10H2,1-3H3,(H,21,23)/t12-/m1/s1. The number of benzene rings is 2. The Balaban J connectivity index is 2.20. The SMILES string of the molecule is C[C@H](Cc1ccccc1Cl)NC(=O)c1cc(S(=O)(=O)N(C)C)ccc1Cl. The molecule has 8 heteroatoms. The van der Waals surface area contributed by atoms with Crippen LogP contribution in [0.25, 0.3) is 0 Å². The predicted octanol–water partition coefficient (Wildman–Crippen LogP) is 3.60. The molecule has 0 saturated heterocycles. The number of rotatable bonds is 6. The Kier molecular flexibility index (Phi) is 6.69. The third-order valence-corrected chi connectivity index (χ3v) is 6.33. The Bertz CT molecular complexity index is 914. The summed E-state index contributed by atoms with van der Waals surface area (Å²) in [4.78, 5) is 12.6. The van der Waals surface area contributed by atoms with Crippen LogP contribution in [-0.2, 0) is 16.4 Å². The van der Waals surface area contributed by atoms with Crippen molar-refractivity contribution >= 4 is 39.1 Å². The van der Waals surface area contributed by atoms with Gasteiger partial charge in [-0.15, -0.1) is 0 Å². The minimum absolute atomic E-state index is 0.0100. The van der Waals surface area contributed by atoms with Gasteiger partial charge < -0.3 is 5.32 Å². The molecule has 0 fully saturated rings. The maximum atomic E-state index is 12.6. The highest BCUT2D eigenvalue weighted by Gasteiger charge is 2.21. The summed E-state index contributed by atoms with van der Waals surface area (Å²) in [5.74, 6) is -0.439. The molecule has 2 aromatic carbocycles. The van der Waals surface area contributed by atoms with Gasteiger partial charge in [-0.2, -0.15) is 0 Å². The van der Waals surface area contributed by atoms with E-state index in [2.05, 4.69) is 5.32 Å². The Morgan fingerprint density at radius 1 is 1.12 bits per heavy atom. The summed E-state index contributed by atoms with van der Waals surface area (Å²) in [5, 5.41) is 3.65. The van der Waals surface area contributed by atoms with Crippen LogP contribution in [0, 0.1) is 0 Å². The Hall–Kier alpha value is -1.60. The van der Waals surface area contributed by atoms with E-state index in [1.165, 1.54) is 32.3 Å². The minimum atomic E-state index is -3.66. The molecule has 0 aliphatic carbocycles. The molecule has 0 unspecified atom stereocenters. The lowest BCUT2D eigenvalue weighted by molar-refractivity contribution is 0.0940. The molecule has 0 heterocycles. The molecule has 0 radical (unpaired) electrons. The molecule has 1 amide bonds. The Labute approximate surface area is 164 Å². The third-order valence-electron chi connectivity index (χ3n) is 3.82. The van der Waals surface area contributed by atoms with Crippen molar-refractivity contribution < 1.29 is 13.2 Å². The molecule has 0 bridgehead atoms. The van der Waals surface area contributed by atoms with E-state index in [4.69, 9.17) is 23.2 Å². The molecule has 5 nitrogen and oxygen atoms in total. The first-order valence-corrected chi connectivity index (χ1v) is 10.1. The Morgan fingerprint density at radius 2 is 1.77 bits per heavy atom. The summed E-state index contributed by atoms with van der Waals surface area (Å²) in [7, 11) is -0.803. The normalized spacial score (nSPS) is 12.8. The first kappa shape index (κ1) is 20.7. The Morgan fingerprint density at radius 3 is 2.38 bits per heavy atom. The first-order valence-electron chi connectivity index (χ1n) is 7.89. The summed E-state index contributed by atoms with van der Waals surface area (Å²) in [6.07, 6.45) is 0.540. The number of sulfonamides is 1. The topological polar surface area (TPSA) is 66.5 Å². The van der Waals surface area contributed by atoms with Crippen molar-refractivity contribution in [1.29, 1.82) is 0 Å². The fourth-order valence-electron chi connectivity index (χ4n) is 2.40. The molecule has 1 N–H and O–H groups in total. The largest absolute Gasteiger partial charge is 0.349 e. The molecule has 0 aliphatic rings. The van der Waals surface area contributed by atoms with Crippen molar-refractivity contribution in [2.24, 2.45) is 0 Å². The van der Waals surface area contributed by atoms with Crippen LogP contribution in [0.4, 0.5) is 0 Å². The number of halogens is 2. The number of hydrogen-bond acceptors (Lipinski definition) is 3. The lowest BCUT2D eigenvalue weighted by atomic mass is 10.1. The van der Waals surface area contributed by atoms with Gasteiger partial charge in [-0.25, -0.2) is 12.7 Å². The van der Waals surface area contributed by atoms with E-state index in [0.717, 1.165) is 9.87 Å². The monoisotopic (exact) mass is 414 g/mol. The molecule has 1 atom stereocenters. The molecule has 2 aromatic rings. The summed E-state index contributed by atoms with van der Waals surface area (Å²) in [6.45, 7) is 1.84. The van der Waals surface area contributed by atoms with Gasteiger partial charge in [0.25, 0.3) is 5.91 Å². The van der Waals surface area contributed by atoms with Crippen LogP contribution >= 0.6 is 23.2 Å². The number of nitrogens with one attached hydrogen (secondary N) is 1. The van der Waals surface area contributed by atoms with Gasteiger partial charge >= 0.3 is 0 Å². The lowest BCUT2D eigenvalue weighted by Crippen LogP contribution is -2.34. The van der Waals surface area contributed by atoms with Crippen LogP contribution in [0.3, 0.4) is 0 Å². The van der Waals surface area contributed by atoms with Crippen molar-refractivity contribution in [3.63, 3.8) is 0 Å². The predicted molar refractivity (Wildman–Crippen MR) is 104 cm³/mol. The molecule has 0 saturated carbocycles. The summed E-state index contributed by atoms with van der Waals surface area (Å²) in [5.41, 5.74) is 1.03. The van der Waals surface area contributed by atoms with Crippen LogP contribution in [-0.4, -0.2) is 38.8 Å². The molecule has 0 aliphatic heterocycles. The van der Waals surface area contributed by atoms with Gasteiger partial charge in [-0.3, -0.25) is 4.79 Å². The van der Waals surface area contributed by atoms with Crippen LogP contribution in [0.2, 0.25) is 10.0 Å². The maximum absolute atomic E-state index is 12.6. The zero-order valence-corrected chi connectivity index (χ0v) is 17.0. The number of hydrogen-bond donors (Lipinski definition) is 1. The average Bonchev–Trinajstić information content (AvgIpc) is 2.56. The lowest BCUT2D eigenvalue weighted by Gasteiger charge is -2.17. The number of nitrogens with zero attached hydrogens (tertiary/aromatic N) is 1. The minimum Gasteiger partial charge on any atom is -0.349 e. The van der Waals surface area contributed by atoms with E-state index in [1.54, 1.807) is 6.07 Å². The van der Waals surface area contributed by atoms with Gasteiger partial charge in [0, 0.05) is 25.2 Å². The molecule has 26 heavy (non-hydrogen) atoms. The molecule has 140 valence electrons. The van der Waals surface area contributed by atoms with Crippen LogP contribution in [0.5, 0.6) is 0 Å². The van der Waals surface area contributed by atoms with Gasteiger partial charge in [-0.05, 0) is 43.2 Å². The average molecular weight is 415 g/mol. The van der Waals surface area contributed by atoms with E-state index < -0.39 is 15.9 Å². The second-order valence-electron chi connectivity index (χ2n) is 6.10. The molecular weight excluding hydrogens is 395 g/mol. The highest BCUT2D eigenvalue weighted by atomic mass is 35.5. The molecule has 0 aromatic heterocycles. The van der Waals surface area contributed by atoms with E-state index in [-0.39, 0.29) is 21.5 Å². The van der Waals surface area contributed by atoms with Gasteiger partial charge in [0.15, 0.2) is 0 Å². The van der Waals surface area contributed by atoms with E-state index in [1.807, 2.05) is 25.1 Å². The quantitative estimate of drug-likeness (QED) is 0.784.